The van der Waals surface area contributed by atoms with Gasteiger partial charge >= 0.3 is 0 Å². The first kappa shape index (κ1) is 18.1. The average Bonchev–Trinajstić information content (AvgIpc) is 3.27. The van der Waals surface area contributed by atoms with E-state index >= 15 is 0 Å². The van der Waals surface area contributed by atoms with E-state index in [0.29, 0.717) is 42.2 Å². The maximum Gasteiger partial charge on any atom is 0.223 e. The number of hydrogen-bond donors (Lipinski definition) is 2. The first-order chi connectivity index (χ1) is 12.6. The van der Waals surface area contributed by atoms with Crippen LogP contribution in [0.25, 0.3) is 10.6 Å². The summed E-state index contributed by atoms with van der Waals surface area (Å²) in [6.07, 6.45) is 4.72. The molecular weight excluding hydrogens is 374 g/mol. The highest BCUT2D eigenvalue weighted by molar-refractivity contribution is 7.15. The monoisotopic (exact) mass is 395 g/mol. The molecule has 26 heavy (non-hydrogen) atoms. The predicted octanol–water partition coefficient (Wildman–Crippen LogP) is 2.23. The highest BCUT2D eigenvalue weighted by Gasteiger charge is 2.26. The standard InChI is InChI=1S/C17H22ClN5O2S/c1-23-4-2-10(8-23)16-19-7-14(26-16)15-11(18)6-20-17(22-15)21-12-3-5-25-9-13(12)24/h6-7,10,12-13,24H,2-5,8-9H2,1H3,(H,20,21,22)/t10?,12-,13-/m1/s1. The van der Waals surface area contributed by atoms with Crippen molar-refractivity contribution in [2.24, 2.45) is 0 Å². The van der Waals surface area contributed by atoms with E-state index < -0.39 is 6.10 Å². The summed E-state index contributed by atoms with van der Waals surface area (Å²) in [6.45, 7) is 3.09. The summed E-state index contributed by atoms with van der Waals surface area (Å²) in [6, 6.07) is -0.121. The lowest BCUT2D eigenvalue weighted by atomic mass is 10.1. The molecule has 2 aromatic rings. The fourth-order valence-electron chi connectivity index (χ4n) is 3.39. The molecule has 0 aliphatic carbocycles. The van der Waals surface area contributed by atoms with E-state index in [0.717, 1.165) is 29.4 Å². The summed E-state index contributed by atoms with van der Waals surface area (Å²) < 4.78 is 5.26. The van der Waals surface area contributed by atoms with Crippen molar-refractivity contribution in [1.29, 1.82) is 0 Å². The van der Waals surface area contributed by atoms with Crippen molar-refractivity contribution < 1.29 is 9.84 Å². The minimum Gasteiger partial charge on any atom is -0.389 e. The molecule has 2 saturated heterocycles. The van der Waals surface area contributed by atoms with E-state index in [1.807, 2.05) is 6.20 Å². The van der Waals surface area contributed by atoms with Gasteiger partial charge in [-0.2, -0.15) is 0 Å². The minimum atomic E-state index is -0.569. The minimum absolute atomic E-state index is 0.121. The van der Waals surface area contributed by atoms with Gasteiger partial charge < -0.3 is 20.1 Å². The van der Waals surface area contributed by atoms with E-state index in [9.17, 15) is 5.11 Å². The van der Waals surface area contributed by atoms with Crippen LogP contribution in [-0.2, 0) is 4.74 Å². The van der Waals surface area contributed by atoms with E-state index in [2.05, 4.69) is 32.2 Å². The SMILES string of the molecule is CN1CCC(c2ncc(-c3nc(N[C@@H]4CCOC[C@H]4O)ncc3Cl)s2)C1. The Hall–Kier alpha value is -1.32. The molecule has 0 saturated carbocycles. The van der Waals surface area contributed by atoms with Crippen LogP contribution >= 0.6 is 22.9 Å². The van der Waals surface area contributed by atoms with Gasteiger partial charge in [0.15, 0.2) is 0 Å². The molecule has 9 heteroatoms. The molecule has 2 fully saturated rings. The van der Waals surface area contributed by atoms with Crippen molar-refractivity contribution in [3.8, 4) is 10.6 Å². The van der Waals surface area contributed by atoms with Crippen LogP contribution < -0.4 is 5.32 Å². The van der Waals surface area contributed by atoms with Gasteiger partial charge in [-0.05, 0) is 26.4 Å². The Morgan fingerprint density at radius 1 is 1.35 bits per heavy atom. The second-order valence-electron chi connectivity index (χ2n) is 6.88. The molecule has 0 spiro atoms. The summed E-state index contributed by atoms with van der Waals surface area (Å²) >= 11 is 7.99. The van der Waals surface area contributed by atoms with E-state index in [-0.39, 0.29) is 6.04 Å². The van der Waals surface area contributed by atoms with Crippen LogP contribution in [0.2, 0.25) is 5.02 Å². The number of halogens is 1. The number of thiazole rings is 1. The Kier molecular flexibility index (Phi) is 5.37. The van der Waals surface area contributed by atoms with Crippen molar-refractivity contribution in [3.63, 3.8) is 0 Å². The number of aliphatic hydroxyl groups is 1. The van der Waals surface area contributed by atoms with Gasteiger partial charge in [-0.15, -0.1) is 11.3 Å². The number of hydrogen-bond acceptors (Lipinski definition) is 8. The highest BCUT2D eigenvalue weighted by Crippen LogP contribution is 2.36. The summed E-state index contributed by atoms with van der Waals surface area (Å²) in [5, 5.41) is 14.9. The Labute approximate surface area is 161 Å². The van der Waals surface area contributed by atoms with Crippen LogP contribution in [0.4, 0.5) is 5.95 Å². The maximum absolute atomic E-state index is 10.0. The number of nitrogens with zero attached hydrogens (tertiary/aromatic N) is 4. The Bertz CT molecular complexity index is 773. The molecule has 4 rings (SSSR count). The molecule has 2 aliphatic rings. The lowest BCUT2D eigenvalue weighted by Gasteiger charge is -2.28. The predicted molar refractivity (Wildman–Crippen MR) is 102 cm³/mol. The second-order valence-corrected chi connectivity index (χ2v) is 8.35. The van der Waals surface area contributed by atoms with Gasteiger partial charge in [-0.25, -0.2) is 15.0 Å². The summed E-state index contributed by atoms with van der Waals surface area (Å²) in [5.74, 6) is 0.945. The molecule has 2 aliphatic heterocycles. The molecule has 2 aromatic heterocycles. The molecule has 0 radical (unpaired) electrons. The highest BCUT2D eigenvalue weighted by atomic mass is 35.5. The fraction of sp³-hybridized carbons (Fsp3) is 0.588. The molecule has 140 valence electrons. The maximum atomic E-state index is 10.0. The second kappa shape index (κ2) is 7.74. The third-order valence-electron chi connectivity index (χ3n) is 4.88. The van der Waals surface area contributed by atoms with Crippen LogP contribution in [0.5, 0.6) is 0 Å². The van der Waals surface area contributed by atoms with Gasteiger partial charge in [0, 0.05) is 25.3 Å². The zero-order valence-corrected chi connectivity index (χ0v) is 16.1. The Morgan fingerprint density at radius 3 is 3.00 bits per heavy atom. The first-order valence-corrected chi connectivity index (χ1v) is 9.99. The number of rotatable bonds is 4. The largest absolute Gasteiger partial charge is 0.389 e. The molecule has 7 nitrogen and oxygen atoms in total. The molecule has 0 aromatic carbocycles. The molecule has 0 bridgehead atoms. The number of anilines is 1. The lowest BCUT2D eigenvalue weighted by molar-refractivity contribution is -0.0136. The number of aromatic nitrogens is 3. The van der Waals surface area contributed by atoms with Crippen LogP contribution in [-0.4, -0.2) is 70.5 Å². The van der Waals surface area contributed by atoms with Gasteiger partial charge in [0.05, 0.1) is 39.9 Å². The van der Waals surface area contributed by atoms with Gasteiger partial charge in [0.25, 0.3) is 0 Å². The van der Waals surface area contributed by atoms with Crippen molar-refractivity contribution in [2.45, 2.75) is 30.9 Å². The molecule has 0 amide bonds. The molecule has 4 heterocycles. The normalized spacial score (nSPS) is 27.0. The van der Waals surface area contributed by atoms with Gasteiger partial charge in [-0.3, -0.25) is 0 Å². The molecular formula is C17H22ClN5O2S. The number of likely N-dealkylation sites (N-methyl/N-ethyl adjacent to an activating group) is 1. The van der Waals surface area contributed by atoms with E-state index in [1.54, 1.807) is 17.5 Å². The molecule has 3 atom stereocenters. The van der Waals surface area contributed by atoms with Gasteiger partial charge in [0.2, 0.25) is 5.95 Å². The van der Waals surface area contributed by atoms with Crippen LogP contribution in [0, 0.1) is 0 Å². The van der Waals surface area contributed by atoms with Crippen LogP contribution in [0.1, 0.15) is 23.8 Å². The van der Waals surface area contributed by atoms with Gasteiger partial charge in [-0.1, -0.05) is 11.6 Å². The number of likely N-dealkylation sites (tertiary alicyclic amines) is 1. The molecule has 1 unspecified atom stereocenters. The zero-order valence-electron chi connectivity index (χ0n) is 14.6. The third-order valence-corrected chi connectivity index (χ3v) is 6.33. The van der Waals surface area contributed by atoms with Crippen LogP contribution in [0.15, 0.2) is 12.4 Å². The Morgan fingerprint density at radius 2 is 2.23 bits per heavy atom. The molecule has 2 N–H and O–H groups in total. The van der Waals surface area contributed by atoms with E-state index in [1.165, 1.54) is 0 Å². The van der Waals surface area contributed by atoms with Crippen molar-refractivity contribution in [3.05, 3.63) is 22.4 Å². The first-order valence-electron chi connectivity index (χ1n) is 8.79. The van der Waals surface area contributed by atoms with Crippen molar-refractivity contribution in [2.75, 3.05) is 38.7 Å². The topological polar surface area (TPSA) is 83.4 Å². The smallest absolute Gasteiger partial charge is 0.223 e. The summed E-state index contributed by atoms with van der Waals surface area (Å²) in [7, 11) is 2.14. The summed E-state index contributed by atoms with van der Waals surface area (Å²) in [5.41, 5.74) is 0.681. The van der Waals surface area contributed by atoms with Crippen molar-refractivity contribution in [1.82, 2.24) is 19.9 Å². The average molecular weight is 396 g/mol. The quantitative estimate of drug-likeness (QED) is 0.821. The Balaban J connectivity index is 1.54. The van der Waals surface area contributed by atoms with Crippen LogP contribution in [0.3, 0.4) is 0 Å². The van der Waals surface area contributed by atoms with Crippen molar-refractivity contribution >= 4 is 28.9 Å². The number of ether oxygens (including phenoxy) is 1. The van der Waals surface area contributed by atoms with E-state index in [4.69, 9.17) is 16.3 Å². The zero-order chi connectivity index (χ0) is 18.1. The fourth-order valence-corrected chi connectivity index (χ4v) is 4.69. The number of nitrogens with one attached hydrogen (secondary N) is 1. The van der Waals surface area contributed by atoms with Gasteiger partial charge in [0.1, 0.15) is 5.69 Å². The summed E-state index contributed by atoms with van der Waals surface area (Å²) in [4.78, 5) is 16.7. The lowest BCUT2D eigenvalue weighted by Crippen LogP contribution is -2.42. The number of aliphatic hydroxyl groups excluding tert-OH is 1. The third kappa shape index (κ3) is 3.84.